The van der Waals surface area contributed by atoms with Gasteiger partial charge < -0.3 is 10.2 Å². The molecule has 0 aromatic carbocycles. The summed E-state index contributed by atoms with van der Waals surface area (Å²) in [4.78, 5) is 25.2. The van der Waals surface area contributed by atoms with E-state index in [9.17, 15) is 9.59 Å². The number of aryl methyl sites for hydroxylation is 2. The molecular weight excluding hydrogens is 234 g/mol. The fourth-order valence-electron chi connectivity index (χ4n) is 1.65. The molecule has 0 bridgehead atoms. The molecule has 0 amide bonds. The van der Waals surface area contributed by atoms with Crippen LogP contribution in [0.5, 0.6) is 0 Å². The summed E-state index contributed by atoms with van der Waals surface area (Å²) in [6, 6.07) is 5.60. The predicted octanol–water partition coefficient (Wildman–Crippen LogP) is 1.90. The summed E-state index contributed by atoms with van der Waals surface area (Å²) < 4.78 is 0. The number of carbonyl (C=O) groups is 2. The molecule has 0 aliphatic heterocycles. The van der Waals surface area contributed by atoms with Crippen LogP contribution in [0.1, 0.15) is 37.1 Å². The molecule has 0 saturated carbocycles. The summed E-state index contributed by atoms with van der Waals surface area (Å²) in [6.07, 6.45) is 2.70. The summed E-state index contributed by atoms with van der Waals surface area (Å²) in [6.45, 7) is 0. The van der Waals surface area contributed by atoms with Crippen LogP contribution >= 0.6 is 0 Å². The molecule has 1 heterocycles. The van der Waals surface area contributed by atoms with Gasteiger partial charge in [0.15, 0.2) is 0 Å². The Bertz CT molecular complexity index is 382. The largest absolute Gasteiger partial charge is 0.481 e. The summed E-state index contributed by atoms with van der Waals surface area (Å²) in [7, 11) is 0. The lowest BCUT2D eigenvalue weighted by Crippen LogP contribution is -2.00. The van der Waals surface area contributed by atoms with Gasteiger partial charge >= 0.3 is 11.9 Å². The highest BCUT2D eigenvalue weighted by Gasteiger charge is 2.02. The summed E-state index contributed by atoms with van der Waals surface area (Å²) in [5.41, 5.74) is 1.73. The van der Waals surface area contributed by atoms with Crippen LogP contribution in [0.2, 0.25) is 0 Å². The van der Waals surface area contributed by atoms with E-state index in [4.69, 9.17) is 10.2 Å². The second kappa shape index (κ2) is 7.42. The Labute approximate surface area is 105 Å². The third-order valence-corrected chi connectivity index (χ3v) is 2.51. The highest BCUT2D eigenvalue weighted by atomic mass is 16.4. The first-order chi connectivity index (χ1) is 8.58. The third-order valence-electron chi connectivity index (χ3n) is 2.51. The van der Waals surface area contributed by atoms with E-state index < -0.39 is 11.9 Å². The summed E-state index contributed by atoms with van der Waals surface area (Å²) in [5, 5.41) is 17.1. The quantitative estimate of drug-likeness (QED) is 0.736. The van der Waals surface area contributed by atoms with Crippen LogP contribution < -0.4 is 0 Å². The molecule has 5 heteroatoms. The molecule has 0 atom stereocenters. The molecule has 0 aliphatic rings. The second-order valence-electron chi connectivity index (χ2n) is 4.11. The molecular formula is C13H17NO4. The number of hydrogen-bond acceptors (Lipinski definition) is 3. The molecule has 0 aliphatic carbocycles. The standard InChI is InChI=1S/C13H17NO4/c15-12(16)8-2-6-10-4-1-5-11(14-10)7-3-9-13(17)18/h1,4-5H,2-3,6-9H2,(H,15,16)(H,17,18). The van der Waals surface area contributed by atoms with Crippen LogP contribution in [-0.2, 0) is 22.4 Å². The zero-order valence-electron chi connectivity index (χ0n) is 10.1. The van der Waals surface area contributed by atoms with E-state index in [1.54, 1.807) is 0 Å². The van der Waals surface area contributed by atoms with Crippen LogP contribution in [0.25, 0.3) is 0 Å². The smallest absolute Gasteiger partial charge is 0.303 e. The number of aromatic nitrogens is 1. The molecule has 1 rings (SSSR count). The Morgan fingerprint density at radius 1 is 0.944 bits per heavy atom. The van der Waals surface area contributed by atoms with Crippen molar-refractivity contribution in [2.45, 2.75) is 38.5 Å². The molecule has 98 valence electrons. The number of hydrogen-bond donors (Lipinski definition) is 2. The molecule has 2 N–H and O–H groups in total. The van der Waals surface area contributed by atoms with Gasteiger partial charge in [0.25, 0.3) is 0 Å². The number of nitrogens with zero attached hydrogens (tertiary/aromatic N) is 1. The van der Waals surface area contributed by atoms with E-state index in [1.807, 2.05) is 18.2 Å². The molecule has 0 fully saturated rings. The molecule has 18 heavy (non-hydrogen) atoms. The number of pyridine rings is 1. The zero-order chi connectivity index (χ0) is 13.4. The van der Waals surface area contributed by atoms with Crippen molar-refractivity contribution < 1.29 is 19.8 Å². The maximum absolute atomic E-state index is 10.4. The Hall–Kier alpha value is -1.91. The number of rotatable bonds is 8. The highest BCUT2D eigenvalue weighted by Crippen LogP contribution is 2.07. The Morgan fingerprint density at radius 2 is 1.39 bits per heavy atom. The van der Waals surface area contributed by atoms with Crippen LogP contribution in [0.15, 0.2) is 18.2 Å². The lowest BCUT2D eigenvalue weighted by Gasteiger charge is -2.03. The molecule has 0 unspecified atom stereocenters. The van der Waals surface area contributed by atoms with E-state index in [-0.39, 0.29) is 12.8 Å². The zero-order valence-corrected chi connectivity index (χ0v) is 10.1. The van der Waals surface area contributed by atoms with E-state index in [2.05, 4.69) is 4.98 Å². The van der Waals surface area contributed by atoms with Crippen molar-refractivity contribution in [1.29, 1.82) is 0 Å². The van der Waals surface area contributed by atoms with Gasteiger partial charge in [-0.3, -0.25) is 14.6 Å². The van der Waals surface area contributed by atoms with Crippen molar-refractivity contribution in [1.82, 2.24) is 4.98 Å². The molecule has 1 aromatic heterocycles. The Balaban J connectivity index is 2.41. The third kappa shape index (κ3) is 5.98. The minimum absolute atomic E-state index is 0.144. The van der Waals surface area contributed by atoms with Gasteiger partial charge in [-0.05, 0) is 37.8 Å². The average Bonchev–Trinajstić information content (AvgIpc) is 2.28. The maximum Gasteiger partial charge on any atom is 0.303 e. The van der Waals surface area contributed by atoms with Crippen LogP contribution in [0, 0.1) is 0 Å². The Kier molecular flexibility index (Phi) is 5.84. The topological polar surface area (TPSA) is 87.5 Å². The van der Waals surface area contributed by atoms with Gasteiger partial charge in [0.1, 0.15) is 0 Å². The first-order valence-corrected chi connectivity index (χ1v) is 5.96. The van der Waals surface area contributed by atoms with Gasteiger partial charge in [-0.1, -0.05) is 6.07 Å². The molecule has 1 aromatic rings. The Morgan fingerprint density at radius 3 is 1.78 bits per heavy atom. The van der Waals surface area contributed by atoms with Crippen molar-refractivity contribution in [2.24, 2.45) is 0 Å². The highest BCUT2D eigenvalue weighted by molar-refractivity contribution is 5.66. The monoisotopic (exact) mass is 251 g/mol. The number of carboxylic acids is 2. The molecule has 0 radical (unpaired) electrons. The number of carboxylic acid groups (broad SMARTS) is 2. The SMILES string of the molecule is O=C(O)CCCc1cccc(CCCC(=O)O)n1. The second-order valence-corrected chi connectivity index (χ2v) is 4.11. The van der Waals surface area contributed by atoms with Gasteiger partial charge in [-0.2, -0.15) is 0 Å². The van der Waals surface area contributed by atoms with E-state index in [0.29, 0.717) is 25.7 Å². The first kappa shape index (κ1) is 14.2. The molecule has 5 nitrogen and oxygen atoms in total. The van der Waals surface area contributed by atoms with Gasteiger partial charge in [0, 0.05) is 24.2 Å². The van der Waals surface area contributed by atoms with Crippen LogP contribution in [-0.4, -0.2) is 27.1 Å². The summed E-state index contributed by atoms with van der Waals surface area (Å²) >= 11 is 0. The van der Waals surface area contributed by atoms with E-state index in [0.717, 1.165) is 11.4 Å². The minimum atomic E-state index is -0.799. The lowest BCUT2D eigenvalue weighted by molar-refractivity contribution is -0.138. The fraction of sp³-hybridized carbons (Fsp3) is 0.462. The van der Waals surface area contributed by atoms with E-state index in [1.165, 1.54) is 0 Å². The maximum atomic E-state index is 10.4. The van der Waals surface area contributed by atoms with Gasteiger partial charge in [-0.25, -0.2) is 0 Å². The van der Waals surface area contributed by atoms with Gasteiger partial charge in [0.2, 0.25) is 0 Å². The predicted molar refractivity (Wildman–Crippen MR) is 65.4 cm³/mol. The van der Waals surface area contributed by atoms with Crippen molar-refractivity contribution in [3.63, 3.8) is 0 Å². The normalized spacial score (nSPS) is 10.2. The lowest BCUT2D eigenvalue weighted by atomic mass is 10.1. The number of aliphatic carboxylic acids is 2. The van der Waals surface area contributed by atoms with Gasteiger partial charge in [0.05, 0.1) is 0 Å². The molecule has 0 saturated heterocycles. The van der Waals surface area contributed by atoms with Crippen molar-refractivity contribution in [2.75, 3.05) is 0 Å². The van der Waals surface area contributed by atoms with E-state index >= 15 is 0 Å². The van der Waals surface area contributed by atoms with Crippen molar-refractivity contribution in [3.05, 3.63) is 29.6 Å². The average molecular weight is 251 g/mol. The van der Waals surface area contributed by atoms with Crippen LogP contribution in [0.4, 0.5) is 0 Å². The van der Waals surface area contributed by atoms with Gasteiger partial charge in [-0.15, -0.1) is 0 Å². The fourth-order valence-corrected chi connectivity index (χ4v) is 1.65. The summed E-state index contributed by atoms with van der Waals surface area (Å²) in [5.74, 6) is -1.60. The van der Waals surface area contributed by atoms with Crippen molar-refractivity contribution in [3.8, 4) is 0 Å². The minimum Gasteiger partial charge on any atom is -0.481 e. The van der Waals surface area contributed by atoms with Crippen LogP contribution in [0.3, 0.4) is 0 Å². The van der Waals surface area contributed by atoms with Crippen molar-refractivity contribution >= 4 is 11.9 Å². The molecule has 0 spiro atoms. The first-order valence-electron chi connectivity index (χ1n) is 5.96.